The molecule has 22 heavy (non-hydrogen) atoms. The molecule has 2 heterocycles. The maximum atomic E-state index is 4.76. The van der Waals surface area contributed by atoms with Gasteiger partial charge in [0.2, 0.25) is 0 Å². The van der Waals surface area contributed by atoms with E-state index in [1.807, 2.05) is 43.4 Å². The lowest BCUT2D eigenvalue weighted by Crippen LogP contribution is -2.19. The molecule has 1 aliphatic rings. The molecule has 4 rings (SSSR count). The molecule has 0 spiro atoms. The lowest BCUT2D eigenvalue weighted by atomic mass is 9.93. The van der Waals surface area contributed by atoms with Crippen molar-refractivity contribution < 1.29 is 0 Å². The smallest absolute Gasteiger partial charge is 0.181 e. The number of benzene rings is 1. The Balaban J connectivity index is 1.83. The number of aryl methyl sites for hydroxylation is 1. The fourth-order valence-corrected chi connectivity index (χ4v) is 2.94. The first-order valence-corrected chi connectivity index (χ1v) is 8.23. The summed E-state index contributed by atoms with van der Waals surface area (Å²) in [5.41, 5.74) is 1.90. The minimum absolute atomic E-state index is 0.445. The van der Waals surface area contributed by atoms with Gasteiger partial charge in [-0.25, -0.2) is 9.67 Å². The first kappa shape index (κ1) is 13.7. The van der Waals surface area contributed by atoms with E-state index in [2.05, 4.69) is 25.7 Å². The van der Waals surface area contributed by atoms with Crippen molar-refractivity contribution >= 4 is 15.9 Å². The molecule has 1 saturated carbocycles. The number of hydrogen-bond donors (Lipinski definition) is 0. The van der Waals surface area contributed by atoms with Gasteiger partial charge >= 0.3 is 0 Å². The summed E-state index contributed by atoms with van der Waals surface area (Å²) in [6, 6.07) is 12.5. The summed E-state index contributed by atoms with van der Waals surface area (Å²) in [5, 5.41) is 9.29. The summed E-state index contributed by atoms with van der Waals surface area (Å²) in [6.45, 7) is 0. The van der Waals surface area contributed by atoms with E-state index < -0.39 is 0 Å². The van der Waals surface area contributed by atoms with Gasteiger partial charge in [0.15, 0.2) is 11.6 Å². The normalized spacial score (nSPS) is 15.0. The summed E-state index contributed by atoms with van der Waals surface area (Å²) in [5.74, 6) is 1.62. The standard InChI is InChI=1S/C16H16BrN5/c1-21-14(17)10-13(19-21)16-18-15(11-6-3-2-4-7-11)20-22(16)12-8-5-9-12/h2-4,6-7,10,12H,5,8-9H2,1H3. The summed E-state index contributed by atoms with van der Waals surface area (Å²) in [7, 11) is 1.91. The zero-order valence-corrected chi connectivity index (χ0v) is 13.9. The Morgan fingerprint density at radius 3 is 2.50 bits per heavy atom. The molecule has 5 nitrogen and oxygen atoms in total. The van der Waals surface area contributed by atoms with E-state index in [1.165, 1.54) is 19.3 Å². The highest BCUT2D eigenvalue weighted by Gasteiger charge is 2.26. The number of aromatic nitrogens is 5. The van der Waals surface area contributed by atoms with Gasteiger partial charge in [-0.3, -0.25) is 4.68 Å². The van der Waals surface area contributed by atoms with Crippen LogP contribution in [-0.2, 0) is 7.05 Å². The van der Waals surface area contributed by atoms with E-state index >= 15 is 0 Å². The Bertz CT molecular complexity index is 782. The first-order valence-electron chi connectivity index (χ1n) is 7.44. The highest BCUT2D eigenvalue weighted by molar-refractivity contribution is 9.10. The third kappa shape index (κ3) is 2.27. The van der Waals surface area contributed by atoms with Crippen LogP contribution in [0.1, 0.15) is 25.3 Å². The topological polar surface area (TPSA) is 48.5 Å². The molecule has 1 fully saturated rings. The molecule has 0 saturated heterocycles. The van der Waals surface area contributed by atoms with Crippen molar-refractivity contribution in [1.29, 1.82) is 0 Å². The van der Waals surface area contributed by atoms with Crippen LogP contribution in [0.4, 0.5) is 0 Å². The van der Waals surface area contributed by atoms with Gasteiger partial charge in [-0.05, 0) is 35.2 Å². The lowest BCUT2D eigenvalue weighted by Gasteiger charge is -2.26. The van der Waals surface area contributed by atoms with Gasteiger partial charge in [-0.15, -0.1) is 0 Å². The number of hydrogen-bond acceptors (Lipinski definition) is 3. The second-order valence-corrected chi connectivity index (χ2v) is 6.44. The van der Waals surface area contributed by atoms with Gasteiger partial charge in [0.05, 0.1) is 6.04 Å². The number of halogens is 1. The molecule has 0 N–H and O–H groups in total. The second kappa shape index (κ2) is 5.35. The van der Waals surface area contributed by atoms with Crippen LogP contribution in [-0.4, -0.2) is 24.5 Å². The Labute approximate surface area is 137 Å². The van der Waals surface area contributed by atoms with Crippen molar-refractivity contribution in [3.63, 3.8) is 0 Å². The van der Waals surface area contributed by atoms with Crippen molar-refractivity contribution in [1.82, 2.24) is 24.5 Å². The SMILES string of the molecule is Cn1nc(-c2nc(-c3ccccc3)nn2C2CCC2)cc1Br. The summed E-state index contributed by atoms with van der Waals surface area (Å²) >= 11 is 3.50. The fourth-order valence-electron chi connectivity index (χ4n) is 2.65. The van der Waals surface area contributed by atoms with Crippen LogP contribution >= 0.6 is 15.9 Å². The van der Waals surface area contributed by atoms with Crippen molar-refractivity contribution in [3.8, 4) is 22.9 Å². The molecule has 0 amide bonds. The van der Waals surface area contributed by atoms with Crippen LogP contribution in [0.3, 0.4) is 0 Å². The predicted molar refractivity (Wildman–Crippen MR) is 88.2 cm³/mol. The lowest BCUT2D eigenvalue weighted by molar-refractivity contribution is 0.292. The zero-order chi connectivity index (χ0) is 15.1. The second-order valence-electron chi connectivity index (χ2n) is 5.63. The van der Waals surface area contributed by atoms with Crippen molar-refractivity contribution in [3.05, 3.63) is 41.0 Å². The third-order valence-electron chi connectivity index (χ3n) is 4.14. The quantitative estimate of drug-likeness (QED) is 0.715. The minimum Gasteiger partial charge on any atom is -0.261 e. The summed E-state index contributed by atoms with van der Waals surface area (Å²) < 4.78 is 4.80. The Morgan fingerprint density at radius 2 is 1.91 bits per heavy atom. The van der Waals surface area contributed by atoms with E-state index in [0.717, 1.165) is 27.5 Å². The molecule has 1 aromatic carbocycles. The van der Waals surface area contributed by atoms with E-state index in [0.29, 0.717) is 6.04 Å². The van der Waals surface area contributed by atoms with Crippen LogP contribution in [0.5, 0.6) is 0 Å². The predicted octanol–water partition coefficient (Wildman–Crippen LogP) is 3.83. The van der Waals surface area contributed by atoms with Crippen molar-refractivity contribution in [2.75, 3.05) is 0 Å². The van der Waals surface area contributed by atoms with Crippen LogP contribution < -0.4 is 0 Å². The molecule has 2 aromatic heterocycles. The summed E-state index contributed by atoms with van der Waals surface area (Å²) in [4.78, 5) is 4.76. The average Bonchev–Trinajstić information content (AvgIpc) is 3.03. The zero-order valence-electron chi connectivity index (χ0n) is 12.3. The van der Waals surface area contributed by atoms with Crippen LogP contribution in [0, 0.1) is 0 Å². The van der Waals surface area contributed by atoms with Gasteiger partial charge in [0.25, 0.3) is 0 Å². The van der Waals surface area contributed by atoms with Crippen LogP contribution in [0.15, 0.2) is 41.0 Å². The van der Waals surface area contributed by atoms with Crippen molar-refractivity contribution in [2.45, 2.75) is 25.3 Å². The Kier molecular flexibility index (Phi) is 3.33. The van der Waals surface area contributed by atoms with E-state index in [9.17, 15) is 0 Å². The highest BCUT2D eigenvalue weighted by atomic mass is 79.9. The molecular weight excluding hydrogens is 342 g/mol. The van der Waals surface area contributed by atoms with Gasteiger partial charge < -0.3 is 0 Å². The fraction of sp³-hybridized carbons (Fsp3) is 0.312. The largest absolute Gasteiger partial charge is 0.261 e. The highest BCUT2D eigenvalue weighted by Crippen LogP contribution is 2.35. The van der Waals surface area contributed by atoms with Gasteiger partial charge in [0, 0.05) is 18.7 Å². The van der Waals surface area contributed by atoms with Crippen LogP contribution in [0.25, 0.3) is 22.9 Å². The molecule has 0 radical (unpaired) electrons. The summed E-state index contributed by atoms with van der Waals surface area (Å²) in [6.07, 6.45) is 3.59. The maximum Gasteiger partial charge on any atom is 0.181 e. The maximum absolute atomic E-state index is 4.76. The van der Waals surface area contributed by atoms with Crippen molar-refractivity contribution in [2.24, 2.45) is 7.05 Å². The average molecular weight is 358 g/mol. The molecular formula is C16H16BrN5. The molecule has 3 aromatic rings. The molecule has 0 bridgehead atoms. The number of nitrogens with zero attached hydrogens (tertiary/aromatic N) is 5. The van der Waals surface area contributed by atoms with Gasteiger partial charge in [0.1, 0.15) is 10.3 Å². The Morgan fingerprint density at radius 1 is 1.14 bits per heavy atom. The number of rotatable bonds is 3. The van der Waals surface area contributed by atoms with Gasteiger partial charge in [-0.2, -0.15) is 10.2 Å². The monoisotopic (exact) mass is 357 g/mol. The van der Waals surface area contributed by atoms with E-state index in [-0.39, 0.29) is 0 Å². The molecule has 0 atom stereocenters. The van der Waals surface area contributed by atoms with Gasteiger partial charge in [-0.1, -0.05) is 30.3 Å². The minimum atomic E-state index is 0.445. The molecule has 1 aliphatic carbocycles. The molecule has 112 valence electrons. The molecule has 0 aliphatic heterocycles. The molecule has 6 heteroatoms. The van der Waals surface area contributed by atoms with Crippen LogP contribution in [0.2, 0.25) is 0 Å². The van der Waals surface area contributed by atoms with E-state index in [1.54, 1.807) is 4.68 Å². The third-order valence-corrected chi connectivity index (χ3v) is 4.88. The Hall–Kier alpha value is -1.95. The van der Waals surface area contributed by atoms with E-state index in [4.69, 9.17) is 10.1 Å². The first-order chi connectivity index (χ1) is 10.7. The molecule has 0 unspecified atom stereocenters.